The van der Waals surface area contributed by atoms with Crippen molar-refractivity contribution >= 4 is 11.8 Å². The molecule has 20 heavy (non-hydrogen) atoms. The van der Waals surface area contributed by atoms with E-state index in [1.54, 1.807) is 0 Å². The lowest BCUT2D eigenvalue weighted by Crippen LogP contribution is -2.43. The highest BCUT2D eigenvalue weighted by molar-refractivity contribution is 5.80. The largest absolute Gasteiger partial charge is 0.351 e. The van der Waals surface area contributed by atoms with Crippen molar-refractivity contribution in [3.8, 4) is 0 Å². The Bertz CT molecular complexity index is 353. The van der Waals surface area contributed by atoms with Gasteiger partial charge >= 0.3 is 0 Å². The first kappa shape index (κ1) is 15.3. The van der Waals surface area contributed by atoms with E-state index in [1.165, 1.54) is 19.3 Å². The summed E-state index contributed by atoms with van der Waals surface area (Å²) in [6.07, 6.45) is 6.56. The summed E-state index contributed by atoms with van der Waals surface area (Å²) in [6.45, 7) is 3.63. The molecule has 1 heterocycles. The summed E-state index contributed by atoms with van der Waals surface area (Å²) in [5, 5.41) is 3.00. The lowest BCUT2D eigenvalue weighted by atomic mass is 9.88. The fraction of sp³-hybridized carbons (Fsp3) is 0.867. The Balaban J connectivity index is 1.79. The van der Waals surface area contributed by atoms with Crippen molar-refractivity contribution in [3.63, 3.8) is 0 Å². The summed E-state index contributed by atoms with van der Waals surface area (Å²) in [4.78, 5) is 26.2. The molecule has 2 amide bonds. The highest BCUT2D eigenvalue weighted by atomic mass is 16.2. The zero-order valence-corrected chi connectivity index (χ0v) is 12.4. The van der Waals surface area contributed by atoms with Crippen molar-refractivity contribution in [1.82, 2.24) is 10.2 Å². The van der Waals surface area contributed by atoms with E-state index in [-0.39, 0.29) is 23.8 Å². The number of hydrogen-bond acceptors (Lipinski definition) is 3. The van der Waals surface area contributed by atoms with E-state index >= 15 is 0 Å². The van der Waals surface area contributed by atoms with Crippen LogP contribution in [0.5, 0.6) is 0 Å². The van der Waals surface area contributed by atoms with Gasteiger partial charge in [0.05, 0.1) is 0 Å². The third-order valence-electron chi connectivity index (χ3n) is 4.60. The van der Waals surface area contributed by atoms with Gasteiger partial charge in [0.1, 0.15) is 0 Å². The summed E-state index contributed by atoms with van der Waals surface area (Å²) >= 11 is 0. The Labute approximate surface area is 121 Å². The van der Waals surface area contributed by atoms with Crippen molar-refractivity contribution in [2.24, 2.45) is 17.6 Å². The van der Waals surface area contributed by atoms with Crippen molar-refractivity contribution in [2.45, 2.75) is 51.5 Å². The minimum absolute atomic E-state index is 0.00413. The van der Waals surface area contributed by atoms with Crippen LogP contribution in [0.3, 0.4) is 0 Å². The summed E-state index contributed by atoms with van der Waals surface area (Å²) in [5.41, 5.74) is 5.49. The Hall–Kier alpha value is -1.10. The number of amides is 2. The van der Waals surface area contributed by atoms with Crippen molar-refractivity contribution in [2.75, 3.05) is 19.6 Å². The number of carbonyl (C=O) groups excluding carboxylic acids is 2. The maximum atomic E-state index is 12.4. The van der Waals surface area contributed by atoms with Crippen molar-refractivity contribution in [3.05, 3.63) is 0 Å². The maximum Gasteiger partial charge on any atom is 0.225 e. The number of hydrogen-bond donors (Lipinski definition) is 2. The molecule has 2 atom stereocenters. The smallest absolute Gasteiger partial charge is 0.225 e. The predicted molar refractivity (Wildman–Crippen MR) is 77.9 cm³/mol. The first-order valence-electron chi connectivity index (χ1n) is 7.91. The highest BCUT2D eigenvalue weighted by Gasteiger charge is 2.32. The zero-order valence-electron chi connectivity index (χ0n) is 12.4. The molecule has 2 fully saturated rings. The van der Waals surface area contributed by atoms with Crippen LogP contribution in [-0.4, -0.2) is 42.4 Å². The van der Waals surface area contributed by atoms with Crippen LogP contribution in [0.15, 0.2) is 0 Å². The van der Waals surface area contributed by atoms with E-state index < -0.39 is 0 Å². The SMILES string of the molecule is CC(CN)C(=O)NC1CCN(C(=O)C2CCCCC2)C1. The van der Waals surface area contributed by atoms with Crippen LogP contribution in [0.25, 0.3) is 0 Å². The van der Waals surface area contributed by atoms with E-state index in [1.807, 2.05) is 11.8 Å². The minimum atomic E-state index is -0.155. The molecule has 1 saturated heterocycles. The Morgan fingerprint density at radius 2 is 1.95 bits per heavy atom. The number of nitrogens with two attached hydrogens (primary N) is 1. The quantitative estimate of drug-likeness (QED) is 0.803. The maximum absolute atomic E-state index is 12.4. The van der Waals surface area contributed by atoms with Gasteiger partial charge in [-0.2, -0.15) is 0 Å². The number of rotatable bonds is 4. The van der Waals surface area contributed by atoms with Crippen LogP contribution >= 0.6 is 0 Å². The lowest BCUT2D eigenvalue weighted by Gasteiger charge is -2.26. The molecule has 0 bridgehead atoms. The van der Waals surface area contributed by atoms with Gasteiger partial charge in [-0.3, -0.25) is 9.59 Å². The molecule has 0 aromatic heterocycles. The summed E-state index contributed by atoms with van der Waals surface area (Å²) < 4.78 is 0. The third kappa shape index (κ3) is 3.72. The molecule has 2 unspecified atom stereocenters. The van der Waals surface area contributed by atoms with Crippen LogP contribution in [0.1, 0.15) is 45.4 Å². The molecule has 0 aromatic rings. The van der Waals surface area contributed by atoms with Crippen LogP contribution in [0.2, 0.25) is 0 Å². The molecule has 2 rings (SSSR count). The third-order valence-corrected chi connectivity index (χ3v) is 4.60. The molecule has 114 valence electrons. The average molecular weight is 281 g/mol. The number of carbonyl (C=O) groups is 2. The predicted octanol–water partition coefficient (Wildman–Crippen LogP) is 0.879. The first-order valence-corrected chi connectivity index (χ1v) is 7.91. The Morgan fingerprint density at radius 1 is 1.25 bits per heavy atom. The monoisotopic (exact) mass is 281 g/mol. The van der Waals surface area contributed by atoms with Crippen molar-refractivity contribution < 1.29 is 9.59 Å². The lowest BCUT2D eigenvalue weighted by molar-refractivity contribution is -0.135. The topological polar surface area (TPSA) is 75.4 Å². The molecule has 0 spiro atoms. The fourth-order valence-corrected chi connectivity index (χ4v) is 3.14. The summed E-state index contributed by atoms with van der Waals surface area (Å²) in [7, 11) is 0. The molecular weight excluding hydrogens is 254 g/mol. The Kier molecular flexibility index (Phi) is 5.40. The van der Waals surface area contributed by atoms with E-state index in [0.717, 1.165) is 25.8 Å². The van der Waals surface area contributed by atoms with Gasteiger partial charge in [-0.15, -0.1) is 0 Å². The van der Waals surface area contributed by atoms with E-state index in [2.05, 4.69) is 5.32 Å². The molecular formula is C15H27N3O2. The Morgan fingerprint density at radius 3 is 2.60 bits per heavy atom. The van der Waals surface area contributed by atoms with Gasteiger partial charge in [-0.05, 0) is 19.3 Å². The molecule has 5 nitrogen and oxygen atoms in total. The normalized spacial score (nSPS) is 25.5. The first-order chi connectivity index (χ1) is 9.61. The van der Waals surface area contributed by atoms with Gasteiger partial charge in [0.15, 0.2) is 0 Å². The number of nitrogens with one attached hydrogen (secondary N) is 1. The molecule has 1 saturated carbocycles. The molecule has 2 aliphatic rings. The van der Waals surface area contributed by atoms with Crippen LogP contribution in [0, 0.1) is 11.8 Å². The van der Waals surface area contributed by atoms with Gasteiger partial charge in [0.25, 0.3) is 0 Å². The van der Waals surface area contributed by atoms with Gasteiger partial charge in [-0.25, -0.2) is 0 Å². The number of nitrogens with zero attached hydrogens (tertiary/aromatic N) is 1. The van der Waals surface area contributed by atoms with E-state index in [0.29, 0.717) is 19.0 Å². The minimum Gasteiger partial charge on any atom is -0.351 e. The molecule has 0 aromatic carbocycles. The zero-order chi connectivity index (χ0) is 14.5. The van der Waals surface area contributed by atoms with Crippen LogP contribution in [0.4, 0.5) is 0 Å². The van der Waals surface area contributed by atoms with Crippen molar-refractivity contribution in [1.29, 1.82) is 0 Å². The van der Waals surface area contributed by atoms with Gasteiger partial charge in [0, 0.05) is 37.5 Å². The van der Waals surface area contributed by atoms with Crippen LogP contribution in [-0.2, 0) is 9.59 Å². The second kappa shape index (κ2) is 7.07. The second-order valence-corrected chi connectivity index (χ2v) is 6.25. The van der Waals surface area contributed by atoms with E-state index in [4.69, 9.17) is 5.73 Å². The van der Waals surface area contributed by atoms with Crippen LogP contribution < -0.4 is 11.1 Å². The molecule has 5 heteroatoms. The molecule has 0 radical (unpaired) electrons. The second-order valence-electron chi connectivity index (χ2n) is 6.25. The van der Waals surface area contributed by atoms with Gasteiger partial charge < -0.3 is 16.0 Å². The average Bonchev–Trinajstić information content (AvgIpc) is 2.94. The fourth-order valence-electron chi connectivity index (χ4n) is 3.14. The molecule has 1 aliphatic carbocycles. The highest BCUT2D eigenvalue weighted by Crippen LogP contribution is 2.26. The number of likely N-dealkylation sites (tertiary alicyclic amines) is 1. The van der Waals surface area contributed by atoms with E-state index in [9.17, 15) is 9.59 Å². The summed E-state index contributed by atoms with van der Waals surface area (Å²) in [6, 6.07) is 0.101. The van der Waals surface area contributed by atoms with Gasteiger partial charge in [-0.1, -0.05) is 26.2 Å². The summed E-state index contributed by atoms with van der Waals surface area (Å²) in [5.74, 6) is 0.372. The molecule has 1 aliphatic heterocycles. The molecule has 3 N–H and O–H groups in total. The standard InChI is InChI=1S/C15H27N3O2/c1-11(9-16)14(19)17-13-7-8-18(10-13)15(20)12-5-3-2-4-6-12/h11-13H,2-10,16H2,1H3,(H,17,19). The van der Waals surface area contributed by atoms with Gasteiger partial charge in [0.2, 0.25) is 11.8 Å².